The van der Waals surface area contributed by atoms with E-state index in [-0.39, 0.29) is 19.4 Å². The van der Waals surface area contributed by atoms with Crippen LogP contribution in [0.25, 0.3) is 0 Å². The minimum Gasteiger partial charge on any atom is -0.481 e. The van der Waals surface area contributed by atoms with Crippen LogP contribution in [0.2, 0.25) is 5.02 Å². The third-order valence-electron chi connectivity index (χ3n) is 3.42. The monoisotopic (exact) mass is 371 g/mol. The van der Waals surface area contributed by atoms with E-state index in [1.807, 2.05) is 6.92 Å². The van der Waals surface area contributed by atoms with Crippen LogP contribution < -0.4 is 5.32 Å². The molecule has 1 aromatic carbocycles. The Hall–Kier alpha value is -2.28. The number of alkyl carbamates (subject to hydrolysis) is 1. The number of carboxylic acid groups (broad SMARTS) is 1. The minimum atomic E-state index is -0.998. The van der Waals surface area contributed by atoms with Gasteiger partial charge in [0.1, 0.15) is 0 Å². The fourth-order valence-corrected chi connectivity index (χ4v) is 2.17. The summed E-state index contributed by atoms with van der Waals surface area (Å²) in [5.74, 6) is -2.20. The third kappa shape index (κ3) is 8.39. The second-order valence-corrected chi connectivity index (χ2v) is 5.76. The number of carbonyl (C=O) groups is 3. The summed E-state index contributed by atoms with van der Waals surface area (Å²) in [5.41, 5.74) is 0.594. The van der Waals surface area contributed by atoms with Crippen LogP contribution >= 0.6 is 11.6 Å². The van der Waals surface area contributed by atoms with Crippen molar-refractivity contribution in [1.82, 2.24) is 5.32 Å². The fraction of sp³-hybridized carbons (Fsp3) is 0.471. The van der Waals surface area contributed by atoms with E-state index in [4.69, 9.17) is 21.1 Å². The zero-order chi connectivity index (χ0) is 18.7. The van der Waals surface area contributed by atoms with Gasteiger partial charge in [-0.1, -0.05) is 37.1 Å². The number of amides is 1. The highest BCUT2D eigenvalue weighted by Crippen LogP contribution is 2.21. The van der Waals surface area contributed by atoms with Gasteiger partial charge in [0.25, 0.3) is 0 Å². The molecule has 1 amide bonds. The maximum absolute atomic E-state index is 11.5. The molecule has 7 nitrogen and oxygen atoms in total. The molecule has 0 aliphatic carbocycles. The standard InChI is InChI=1S/C17H22ClNO6/c1-2-3-4-15(20)24-11-25-17(23)19-10-9-14(16(21)22)12-5-7-13(18)8-6-12/h5-8,14H,2-4,9-11H2,1H3,(H,19,23)(H,21,22). The van der Waals surface area contributed by atoms with E-state index in [1.165, 1.54) is 0 Å². The van der Waals surface area contributed by atoms with Crippen molar-refractivity contribution in [2.75, 3.05) is 13.3 Å². The smallest absolute Gasteiger partial charge is 0.410 e. The van der Waals surface area contributed by atoms with Crippen LogP contribution in [0.15, 0.2) is 24.3 Å². The molecule has 0 saturated carbocycles. The molecule has 0 spiro atoms. The van der Waals surface area contributed by atoms with Gasteiger partial charge < -0.3 is 19.9 Å². The highest BCUT2D eigenvalue weighted by Gasteiger charge is 2.19. The summed E-state index contributed by atoms with van der Waals surface area (Å²) in [6, 6.07) is 6.49. The predicted octanol–water partition coefficient (Wildman–Crippen LogP) is 3.32. The molecule has 138 valence electrons. The number of hydrogen-bond donors (Lipinski definition) is 2. The Morgan fingerprint density at radius 1 is 1.20 bits per heavy atom. The second kappa shape index (κ2) is 11.3. The molecule has 1 rings (SSSR count). The first kappa shape index (κ1) is 20.8. The lowest BCUT2D eigenvalue weighted by Gasteiger charge is -2.13. The van der Waals surface area contributed by atoms with Gasteiger partial charge in [0.05, 0.1) is 5.92 Å². The lowest BCUT2D eigenvalue weighted by molar-refractivity contribution is -0.152. The van der Waals surface area contributed by atoms with E-state index < -0.39 is 30.7 Å². The molecular weight excluding hydrogens is 350 g/mol. The second-order valence-electron chi connectivity index (χ2n) is 5.33. The van der Waals surface area contributed by atoms with Gasteiger partial charge in [0, 0.05) is 18.0 Å². The molecule has 0 saturated heterocycles. The average molecular weight is 372 g/mol. The molecular formula is C17H22ClNO6. The Bertz CT molecular complexity index is 575. The Labute approximate surface area is 151 Å². The fourth-order valence-electron chi connectivity index (χ4n) is 2.04. The Kier molecular flexibility index (Phi) is 9.39. The number of carboxylic acids is 1. The molecule has 0 aliphatic rings. The van der Waals surface area contributed by atoms with Crippen LogP contribution in [0, 0.1) is 0 Å². The first-order chi connectivity index (χ1) is 11.9. The number of nitrogens with one attached hydrogen (secondary N) is 1. The van der Waals surface area contributed by atoms with E-state index in [9.17, 15) is 19.5 Å². The maximum atomic E-state index is 11.5. The van der Waals surface area contributed by atoms with E-state index in [1.54, 1.807) is 24.3 Å². The topological polar surface area (TPSA) is 102 Å². The maximum Gasteiger partial charge on any atom is 0.410 e. The first-order valence-corrected chi connectivity index (χ1v) is 8.36. The lowest BCUT2D eigenvalue weighted by atomic mass is 9.96. The number of esters is 1. The average Bonchev–Trinajstić information content (AvgIpc) is 2.57. The molecule has 8 heteroatoms. The zero-order valence-corrected chi connectivity index (χ0v) is 14.8. The number of benzene rings is 1. The van der Waals surface area contributed by atoms with Crippen molar-refractivity contribution in [3.63, 3.8) is 0 Å². The number of unbranched alkanes of at least 4 members (excludes halogenated alkanes) is 1. The summed E-state index contributed by atoms with van der Waals surface area (Å²) in [7, 11) is 0. The van der Waals surface area contributed by atoms with Gasteiger partial charge in [0.15, 0.2) is 0 Å². The summed E-state index contributed by atoms with van der Waals surface area (Å²) in [6.07, 6.45) is 1.27. The number of aliphatic carboxylic acids is 1. The van der Waals surface area contributed by atoms with Crippen molar-refractivity contribution in [3.05, 3.63) is 34.9 Å². The summed E-state index contributed by atoms with van der Waals surface area (Å²) in [5, 5.41) is 12.2. The molecule has 0 fully saturated rings. The van der Waals surface area contributed by atoms with Gasteiger partial charge in [-0.05, 0) is 30.5 Å². The molecule has 1 unspecified atom stereocenters. The van der Waals surface area contributed by atoms with Crippen molar-refractivity contribution < 1.29 is 29.0 Å². The van der Waals surface area contributed by atoms with Crippen LogP contribution in [-0.4, -0.2) is 36.5 Å². The largest absolute Gasteiger partial charge is 0.481 e. The van der Waals surface area contributed by atoms with Gasteiger partial charge in [-0.3, -0.25) is 9.59 Å². The number of ether oxygens (including phenoxy) is 2. The molecule has 2 N–H and O–H groups in total. The van der Waals surface area contributed by atoms with E-state index >= 15 is 0 Å². The molecule has 0 radical (unpaired) electrons. The molecule has 1 atom stereocenters. The lowest BCUT2D eigenvalue weighted by Crippen LogP contribution is -2.28. The number of rotatable bonds is 10. The van der Waals surface area contributed by atoms with Gasteiger partial charge in [0.2, 0.25) is 6.79 Å². The van der Waals surface area contributed by atoms with Crippen molar-refractivity contribution in [2.24, 2.45) is 0 Å². The van der Waals surface area contributed by atoms with Crippen LogP contribution in [0.3, 0.4) is 0 Å². The quantitative estimate of drug-likeness (QED) is 0.483. The number of hydrogen-bond acceptors (Lipinski definition) is 5. The minimum absolute atomic E-state index is 0.0994. The molecule has 0 aromatic heterocycles. The normalized spacial score (nSPS) is 11.4. The number of halogens is 1. The van der Waals surface area contributed by atoms with Crippen molar-refractivity contribution >= 4 is 29.6 Å². The first-order valence-electron chi connectivity index (χ1n) is 7.98. The van der Waals surface area contributed by atoms with Crippen LogP contribution in [0.4, 0.5) is 4.79 Å². The van der Waals surface area contributed by atoms with Crippen molar-refractivity contribution in [2.45, 2.75) is 38.5 Å². The summed E-state index contributed by atoms with van der Waals surface area (Å²) in [4.78, 5) is 34.1. The summed E-state index contributed by atoms with van der Waals surface area (Å²) >= 11 is 5.78. The van der Waals surface area contributed by atoms with Gasteiger partial charge in [-0.25, -0.2) is 4.79 Å². The van der Waals surface area contributed by atoms with E-state index in [0.29, 0.717) is 17.0 Å². The van der Waals surface area contributed by atoms with Crippen LogP contribution in [-0.2, 0) is 19.1 Å². The highest BCUT2D eigenvalue weighted by atomic mass is 35.5. The van der Waals surface area contributed by atoms with Gasteiger partial charge in [-0.2, -0.15) is 0 Å². The Morgan fingerprint density at radius 3 is 2.48 bits per heavy atom. The van der Waals surface area contributed by atoms with Crippen LogP contribution in [0.1, 0.15) is 44.1 Å². The third-order valence-corrected chi connectivity index (χ3v) is 3.67. The molecule has 0 bridgehead atoms. The Balaban J connectivity index is 2.31. The predicted molar refractivity (Wildman–Crippen MR) is 91.4 cm³/mol. The number of carbonyl (C=O) groups excluding carboxylic acids is 2. The molecule has 0 heterocycles. The van der Waals surface area contributed by atoms with E-state index in [0.717, 1.165) is 6.42 Å². The zero-order valence-electron chi connectivity index (χ0n) is 14.0. The van der Waals surface area contributed by atoms with Crippen LogP contribution in [0.5, 0.6) is 0 Å². The summed E-state index contributed by atoms with van der Waals surface area (Å²) < 4.78 is 9.43. The van der Waals surface area contributed by atoms with Crippen molar-refractivity contribution in [1.29, 1.82) is 0 Å². The molecule has 0 aliphatic heterocycles. The van der Waals surface area contributed by atoms with Gasteiger partial charge in [-0.15, -0.1) is 0 Å². The molecule has 1 aromatic rings. The molecule has 25 heavy (non-hydrogen) atoms. The van der Waals surface area contributed by atoms with Gasteiger partial charge >= 0.3 is 18.0 Å². The van der Waals surface area contributed by atoms with E-state index in [2.05, 4.69) is 5.32 Å². The Morgan fingerprint density at radius 2 is 1.88 bits per heavy atom. The SMILES string of the molecule is CCCCC(=O)OCOC(=O)NCCC(C(=O)O)c1ccc(Cl)cc1. The van der Waals surface area contributed by atoms with Crippen molar-refractivity contribution in [3.8, 4) is 0 Å². The summed E-state index contributed by atoms with van der Waals surface area (Å²) in [6.45, 7) is 1.59. The highest BCUT2D eigenvalue weighted by molar-refractivity contribution is 6.30.